The molecule has 0 unspecified atom stereocenters. The van der Waals surface area contributed by atoms with Crippen molar-refractivity contribution in [3.63, 3.8) is 0 Å². The lowest BCUT2D eigenvalue weighted by atomic mass is 10.2. The number of thiazole rings is 1. The largest absolute Gasteiger partial charge is 0.504 e. The van der Waals surface area contributed by atoms with Gasteiger partial charge in [-0.3, -0.25) is 4.79 Å². The first-order chi connectivity index (χ1) is 10.1. The van der Waals surface area contributed by atoms with Crippen molar-refractivity contribution >= 4 is 23.5 Å². The molecule has 2 aromatic rings. The lowest BCUT2D eigenvalue weighted by molar-refractivity contribution is -0.120. The maximum absolute atomic E-state index is 11.7. The van der Waals surface area contributed by atoms with E-state index in [4.69, 9.17) is 4.74 Å². The summed E-state index contributed by atoms with van der Waals surface area (Å²) < 4.78 is 4.99. The van der Waals surface area contributed by atoms with Crippen molar-refractivity contribution < 1.29 is 14.6 Å². The molecule has 6 nitrogen and oxygen atoms in total. The van der Waals surface area contributed by atoms with Gasteiger partial charge in [0.25, 0.3) is 0 Å². The minimum atomic E-state index is -0.234. The van der Waals surface area contributed by atoms with Gasteiger partial charge in [0.1, 0.15) is 0 Å². The van der Waals surface area contributed by atoms with E-state index in [9.17, 15) is 9.90 Å². The van der Waals surface area contributed by atoms with Crippen molar-refractivity contribution in [2.75, 3.05) is 7.11 Å². The fourth-order valence-electron chi connectivity index (χ4n) is 1.65. The van der Waals surface area contributed by atoms with Gasteiger partial charge in [0.15, 0.2) is 11.5 Å². The second-order valence-electron chi connectivity index (χ2n) is 4.26. The molecule has 0 spiro atoms. The zero-order valence-electron chi connectivity index (χ0n) is 11.7. The third-order valence-electron chi connectivity index (χ3n) is 2.61. The topological polar surface area (TPSA) is 83.8 Å². The quantitative estimate of drug-likeness (QED) is 0.652. The molecule has 7 heteroatoms. The first-order valence-electron chi connectivity index (χ1n) is 6.18. The van der Waals surface area contributed by atoms with Gasteiger partial charge in [0.2, 0.25) is 5.91 Å². The number of phenols is 1. The number of carbonyl (C=O) groups excluding carboxylic acids is 1. The van der Waals surface area contributed by atoms with Gasteiger partial charge in [-0.25, -0.2) is 10.4 Å². The summed E-state index contributed by atoms with van der Waals surface area (Å²) in [5.74, 6) is 0.170. The summed E-state index contributed by atoms with van der Waals surface area (Å²) in [5, 5.41) is 16.1. The molecule has 0 radical (unpaired) electrons. The fraction of sp³-hybridized carbons (Fsp3) is 0.214. The molecule has 1 amide bonds. The summed E-state index contributed by atoms with van der Waals surface area (Å²) in [7, 11) is 1.47. The number of carbonyl (C=O) groups is 1. The van der Waals surface area contributed by atoms with Crippen LogP contribution in [-0.4, -0.2) is 29.3 Å². The molecule has 1 heterocycles. The summed E-state index contributed by atoms with van der Waals surface area (Å²) in [6.07, 6.45) is 1.67. The number of nitrogens with zero attached hydrogens (tertiary/aromatic N) is 2. The summed E-state index contributed by atoms with van der Waals surface area (Å²) in [4.78, 5) is 15.9. The van der Waals surface area contributed by atoms with Crippen molar-refractivity contribution in [1.82, 2.24) is 10.4 Å². The van der Waals surface area contributed by atoms with Crippen molar-refractivity contribution in [3.05, 3.63) is 39.8 Å². The number of hydrazone groups is 1. The number of hydrogen-bond acceptors (Lipinski definition) is 6. The van der Waals surface area contributed by atoms with E-state index < -0.39 is 0 Å². The van der Waals surface area contributed by atoms with E-state index in [1.165, 1.54) is 30.7 Å². The highest BCUT2D eigenvalue weighted by Crippen LogP contribution is 2.25. The van der Waals surface area contributed by atoms with Crippen LogP contribution in [0.2, 0.25) is 0 Å². The molecule has 0 aliphatic carbocycles. The van der Waals surface area contributed by atoms with E-state index in [0.29, 0.717) is 11.3 Å². The van der Waals surface area contributed by atoms with E-state index in [2.05, 4.69) is 15.5 Å². The van der Waals surface area contributed by atoms with Crippen molar-refractivity contribution in [2.24, 2.45) is 5.10 Å². The molecule has 2 rings (SSSR count). The Kier molecular flexibility index (Phi) is 4.89. The fourth-order valence-corrected chi connectivity index (χ4v) is 2.26. The third-order valence-corrected chi connectivity index (χ3v) is 3.44. The average Bonchev–Trinajstić information content (AvgIpc) is 2.86. The molecule has 21 heavy (non-hydrogen) atoms. The van der Waals surface area contributed by atoms with Gasteiger partial charge in [-0.05, 0) is 30.7 Å². The number of aryl methyl sites for hydroxylation is 1. The molecule has 0 atom stereocenters. The molecular weight excluding hydrogens is 290 g/mol. The predicted octanol–water partition coefficient (Wildman–Crippen LogP) is 1.86. The van der Waals surface area contributed by atoms with E-state index in [0.717, 1.165) is 10.7 Å². The second kappa shape index (κ2) is 6.85. The molecular formula is C14H15N3O3S. The van der Waals surface area contributed by atoms with Gasteiger partial charge in [-0.2, -0.15) is 5.10 Å². The number of ether oxygens (including phenoxy) is 1. The van der Waals surface area contributed by atoms with Crippen LogP contribution < -0.4 is 10.2 Å². The summed E-state index contributed by atoms with van der Waals surface area (Å²) in [5.41, 5.74) is 3.87. The first-order valence-corrected chi connectivity index (χ1v) is 7.06. The maximum atomic E-state index is 11.7. The molecule has 0 aliphatic rings. The monoisotopic (exact) mass is 305 g/mol. The maximum Gasteiger partial charge on any atom is 0.246 e. The van der Waals surface area contributed by atoms with Crippen LogP contribution in [0.4, 0.5) is 0 Å². The van der Waals surface area contributed by atoms with Crippen molar-refractivity contribution in [1.29, 1.82) is 0 Å². The van der Waals surface area contributed by atoms with E-state index >= 15 is 0 Å². The zero-order chi connectivity index (χ0) is 15.2. The van der Waals surface area contributed by atoms with Crippen LogP contribution in [0.5, 0.6) is 11.5 Å². The van der Waals surface area contributed by atoms with Crippen molar-refractivity contribution in [3.8, 4) is 11.5 Å². The summed E-state index contributed by atoms with van der Waals surface area (Å²) in [6, 6.07) is 4.78. The number of aromatic nitrogens is 1. The highest BCUT2D eigenvalue weighted by atomic mass is 32.1. The van der Waals surface area contributed by atoms with Crippen LogP contribution in [0.3, 0.4) is 0 Å². The van der Waals surface area contributed by atoms with Crippen molar-refractivity contribution in [2.45, 2.75) is 13.3 Å². The Balaban J connectivity index is 1.91. The predicted molar refractivity (Wildman–Crippen MR) is 81.0 cm³/mol. The second-order valence-corrected chi connectivity index (χ2v) is 5.32. The average molecular weight is 305 g/mol. The van der Waals surface area contributed by atoms with Gasteiger partial charge in [0, 0.05) is 5.38 Å². The molecule has 0 aliphatic heterocycles. The Morgan fingerprint density at radius 2 is 2.38 bits per heavy atom. The van der Waals surface area contributed by atoms with E-state index in [1.54, 1.807) is 12.1 Å². The first kappa shape index (κ1) is 15.0. The number of phenolic OH excluding ortho intramolecular Hbond substituents is 1. The standard InChI is InChI=1S/C14H15N3O3S/c1-9-16-11(8-21-9)6-14(19)17-15-7-10-3-4-12(18)13(5-10)20-2/h3-5,7-8,18H,6H2,1-2H3,(H,17,19)/b15-7+. The Hall–Kier alpha value is -2.41. The highest BCUT2D eigenvalue weighted by Gasteiger charge is 2.05. The minimum Gasteiger partial charge on any atom is -0.504 e. The normalized spacial score (nSPS) is 10.8. The molecule has 0 saturated heterocycles. The van der Waals surface area contributed by atoms with Crippen LogP contribution in [-0.2, 0) is 11.2 Å². The molecule has 2 N–H and O–H groups in total. The molecule has 110 valence electrons. The summed E-state index contributed by atoms with van der Waals surface area (Å²) >= 11 is 1.51. The van der Waals surface area contributed by atoms with E-state index in [-0.39, 0.29) is 18.1 Å². The van der Waals surface area contributed by atoms with Crippen LogP contribution in [0, 0.1) is 6.92 Å². The van der Waals surface area contributed by atoms with Crippen LogP contribution >= 0.6 is 11.3 Å². The van der Waals surface area contributed by atoms with Gasteiger partial charge in [-0.15, -0.1) is 11.3 Å². The Morgan fingerprint density at radius 3 is 3.05 bits per heavy atom. The third kappa shape index (κ3) is 4.28. The van der Waals surface area contributed by atoms with Gasteiger partial charge >= 0.3 is 0 Å². The van der Waals surface area contributed by atoms with Crippen LogP contribution in [0.15, 0.2) is 28.7 Å². The number of rotatable bonds is 5. The Morgan fingerprint density at radius 1 is 1.57 bits per heavy atom. The number of methoxy groups -OCH3 is 1. The number of aromatic hydroxyl groups is 1. The lowest BCUT2D eigenvalue weighted by Crippen LogP contribution is -2.19. The Bertz CT molecular complexity index is 667. The number of nitrogens with one attached hydrogen (secondary N) is 1. The van der Waals surface area contributed by atoms with Crippen LogP contribution in [0.25, 0.3) is 0 Å². The van der Waals surface area contributed by atoms with Crippen LogP contribution in [0.1, 0.15) is 16.3 Å². The number of hydrogen-bond donors (Lipinski definition) is 2. The van der Waals surface area contributed by atoms with Gasteiger partial charge in [0.05, 0.1) is 30.4 Å². The molecule has 0 fully saturated rings. The smallest absolute Gasteiger partial charge is 0.246 e. The van der Waals surface area contributed by atoms with Gasteiger partial charge in [-0.1, -0.05) is 0 Å². The Labute approximate surface area is 126 Å². The number of amides is 1. The summed E-state index contributed by atoms with van der Waals surface area (Å²) in [6.45, 7) is 1.89. The number of benzene rings is 1. The zero-order valence-corrected chi connectivity index (χ0v) is 12.5. The highest BCUT2D eigenvalue weighted by molar-refractivity contribution is 7.09. The SMILES string of the molecule is COc1cc(/C=N/NC(=O)Cc2csc(C)n2)ccc1O. The van der Waals surface area contributed by atoms with Gasteiger partial charge < -0.3 is 9.84 Å². The van der Waals surface area contributed by atoms with E-state index in [1.807, 2.05) is 12.3 Å². The molecule has 1 aromatic carbocycles. The molecule has 1 aromatic heterocycles. The molecule has 0 bridgehead atoms. The lowest BCUT2D eigenvalue weighted by Gasteiger charge is -2.03. The molecule has 0 saturated carbocycles. The minimum absolute atomic E-state index is 0.0533.